The molecule has 1 saturated heterocycles. The quantitative estimate of drug-likeness (QED) is 0.793. The Kier molecular flexibility index (Phi) is 5.16. The second-order valence-electron chi connectivity index (χ2n) is 5.17. The molecule has 1 fully saturated rings. The van der Waals surface area contributed by atoms with Crippen LogP contribution in [0.3, 0.4) is 0 Å². The van der Waals surface area contributed by atoms with Crippen molar-refractivity contribution in [1.29, 1.82) is 0 Å². The Labute approximate surface area is 123 Å². The highest BCUT2D eigenvalue weighted by Gasteiger charge is 2.26. The van der Waals surface area contributed by atoms with Crippen LogP contribution in [0.5, 0.6) is 0 Å². The third kappa shape index (κ3) is 3.95. The number of rotatable bonds is 4. The molecule has 114 valence electrons. The predicted octanol–water partition coefficient (Wildman–Crippen LogP) is 2.15. The third-order valence-corrected chi connectivity index (χ3v) is 3.71. The summed E-state index contributed by atoms with van der Waals surface area (Å²) in [4.78, 5) is 25.0. The van der Waals surface area contributed by atoms with Gasteiger partial charge in [-0.15, -0.1) is 0 Å². The summed E-state index contributed by atoms with van der Waals surface area (Å²) in [5, 5.41) is 20.8. The van der Waals surface area contributed by atoms with E-state index in [4.69, 9.17) is 10.2 Å². The molecule has 3 N–H and O–H groups in total. The van der Waals surface area contributed by atoms with Crippen LogP contribution in [0.4, 0.5) is 10.5 Å². The molecule has 6 heteroatoms. The Morgan fingerprint density at radius 3 is 2.86 bits per heavy atom. The van der Waals surface area contributed by atoms with E-state index in [1.54, 1.807) is 17.0 Å². The van der Waals surface area contributed by atoms with Gasteiger partial charge in [0.15, 0.2) is 0 Å². The molecule has 1 aliphatic heterocycles. The van der Waals surface area contributed by atoms with Gasteiger partial charge in [0.25, 0.3) is 0 Å². The summed E-state index contributed by atoms with van der Waals surface area (Å²) < 4.78 is 0. The third-order valence-electron chi connectivity index (χ3n) is 3.71. The van der Waals surface area contributed by atoms with Crippen molar-refractivity contribution >= 4 is 17.7 Å². The Hall–Kier alpha value is -2.08. The number of hydrogen-bond acceptors (Lipinski definition) is 3. The highest BCUT2D eigenvalue weighted by molar-refractivity contribution is 5.93. The summed E-state index contributed by atoms with van der Waals surface area (Å²) in [6, 6.07) is 5.98. The molecular formula is C15H20N2O4. The lowest BCUT2D eigenvalue weighted by Crippen LogP contribution is -2.46. The molecule has 1 unspecified atom stereocenters. The number of hydrogen-bond donors (Lipinski definition) is 3. The van der Waals surface area contributed by atoms with Gasteiger partial charge in [-0.2, -0.15) is 0 Å². The number of aliphatic hydroxyl groups is 1. The van der Waals surface area contributed by atoms with Crippen molar-refractivity contribution in [1.82, 2.24) is 4.90 Å². The number of anilines is 1. The zero-order valence-electron chi connectivity index (χ0n) is 11.8. The largest absolute Gasteiger partial charge is 0.478 e. The number of carboxylic acid groups (broad SMARTS) is 1. The second kappa shape index (κ2) is 7.08. The first-order valence-corrected chi connectivity index (χ1v) is 7.13. The number of amides is 2. The van der Waals surface area contributed by atoms with Crippen LogP contribution in [0.25, 0.3) is 0 Å². The summed E-state index contributed by atoms with van der Waals surface area (Å²) in [6.45, 7) is 0.720. The van der Waals surface area contributed by atoms with Gasteiger partial charge in [-0.05, 0) is 43.9 Å². The topological polar surface area (TPSA) is 89.9 Å². The average molecular weight is 292 g/mol. The van der Waals surface area contributed by atoms with E-state index in [1.807, 2.05) is 0 Å². The van der Waals surface area contributed by atoms with Gasteiger partial charge >= 0.3 is 12.0 Å². The lowest BCUT2D eigenvalue weighted by atomic mass is 10.0. The van der Waals surface area contributed by atoms with Crippen molar-refractivity contribution < 1.29 is 19.8 Å². The van der Waals surface area contributed by atoms with E-state index in [1.165, 1.54) is 12.1 Å². The number of nitrogens with one attached hydrogen (secondary N) is 1. The monoisotopic (exact) mass is 292 g/mol. The van der Waals surface area contributed by atoms with E-state index >= 15 is 0 Å². The lowest BCUT2D eigenvalue weighted by molar-refractivity contribution is 0.0696. The first kappa shape index (κ1) is 15.3. The van der Waals surface area contributed by atoms with Crippen molar-refractivity contribution in [3.8, 4) is 0 Å². The Bertz CT molecular complexity index is 516. The Balaban J connectivity index is 2.05. The maximum absolute atomic E-state index is 12.3. The number of carbonyl (C=O) groups excluding carboxylic acids is 1. The van der Waals surface area contributed by atoms with E-state index < -0.39 is 5.97 Å². The number of piperidine rings is 1. The van der Waals surface area contributed by atoms with Gasteiger partial charge in [0.05, 0.1) is 5.56 Å². The molecule has 0 aromatic heterocycles. The number of aliphatic hydroxyl groups excluding tert-OH is 1. The molecule has 0 bridgehead atoms. The van der Waals surface area contributed by atoms with Gasteiger partial charge in [0.1, 0.15) is 0 Å². The number of carboxylic acids is 1. The molecule has 1 atom stereocenters. The molecule has 0 spiro atoms. The van der Waals surface area contributed by atoms with E-state index in [9.17, 15) is 9.59 Å². The fourth-order valence-electron chi connectivity index (χ4n) is 2.64. The summed E-state index contributed by atoms with van der Waals surface area (Å²) >= 11 is 0. The van der Waals surface area contributed by atoms with Crippen LogP contribution in [0, 0.1) is 0 Å². The molecule has 2 rings (SSSR count). The zero-order valence-corrected chi connectivity index (χ0v) is 11.8. The second-order valence-corrected chi connectivity index (χ2v) is 5.17. The number of likely N-dealkylation sites (tertiary alicyclic amines) is 1. The van der Waals surface area contributed by atoms with Crippen molar-refractivity contribution in [2.75, 3.05) is 18.5 Å². The van der Waals surface area contributed by atoms with Crippen molar-refractivity contribution in [2.24, 2.45) is 0 Å². The van der Waals surface area contributed by atoms with Crippen LogP contribution in [-0.4, -0.2) is 46.3 Å². The summed E-state index contributed by atoms with van der Waals surface area (Å²) in [6.07, 6.45) is 3.47. The molecular weight excluding hydrogens is 272 g/mol. The van der Waals surface area contributed by atoms with Gasteiger partial charge in [0, 0.05) is 24.9 Å². The minimum atomic E-state index is -1.03. The van der Waals surface area contributed by atoms with E-state index in [-0.39, 0.29) is 24.2 Å². The first-order valence-electron chi connectivity index (χ1n) is 7.13. The molecule has 21 heavy (non-hydrogen) atoms. The van der Waals surface area contributed by atoms with E-state index in [0.717, 1.165) is 19.3 Å². The smallest absolute Gasteiger partial charge is 0.335 e. The van der Waals surface area contributed by atoms with Gasteiger partial charge in [-0.1, -0.05) is 6.07 Å². The van der Waals surface area contributed by atoms with Crippen molar-refractivity contribution in [3.63, 3.8) is 0 Å². The normalized spacial score (nSPS) is 18.3. The maximum Gasteiger partial charge on any atom is 0.335 e. The lowest BCUT2D eigenvalue weighted by Gasteiger charge is -2.35. The average Bonchev–Trinajstić information content (AvgIpc) is 2.48. The molecule has 0 saturated carbocycles. The predicted molar refractivity (Wildman–Crippen MR) is 78.5 cm³/mol. The SMILES string of the molecule is O=C(O)c1cccc(NC(=O)N2CCCCC2CCO)c1. The fourth-order valence-corrected chi connectivity index (χ4v) is 2.64. The number of benzene rings is 1. The van der Waals surface area contributed by atoms with E-state index in [0.29, 0.717) is 18.7 Å². The fraction of sp³-hybridized carbons (Fsp3) is 0.467. The molecule has 1 aromatic rings. The van der Waals surface area contributed by atoms with Gasteiger partial charge < -0.3 is 20.4 Å². The minimum absolute atomic E-state index is 0.0476. The first-order chi connectivity index (χ1) is 10.1. The molecule has 2 amide bonds. The van der Waals surface area contributed by atoms with Crippen LogP contribution < -0.4 is 5.32 Å². The highest BCUT2D eigenvalue weighted by Crippen LogP contribution is 2.21. The number of carbonyl (C=O) groups is 2. The number of nitrogens with zero attached hydrogens (tertiary/aromatic N) is 1. The van der Waals surface area contributed by atoms with Crippen LogP contribution in [0.1, 0.15) is 36.0 Å². The van der Waals surface area contributed by atoms with Crippen molar-refractivity contribution in [3.05, 3.63) is 29.8 Å². The van der Waals surface area contributed by atoms with Crippen LogP contribution in [-0.2, 0) is 0 Å². The van der Waals surface area contributed by atoms with E-state index in [2.05, 4.69) is 5.32 Å². The molecule has 1 aliphatic rings. The van der Waals surface area contributed by atoms with Gasteiger partial charge in [0.2, 0.25) is 0 Å². The maximum atomic E-state index is 12.3. The molecule has 0 radical (unpaired) electrons. The molecule has 0 aliphatic carbocycles. The minimum Gasteiger partial charge on any atom is -0.478 e. The zero-order chi connectivity index (χ0) is 15.2. The summed E-state index contributed by atoms with van der Waals surface area (Å²) in [5.74, 6) is -1.03. The van der Waals surface area contributed by atoms with Crippen LogP contribution in [0.15, 0.2) is 24.3 Å². The number of aromatic carboxylic acids is 1. The summed E-state index contributed by atoms with van der Waals surface area (Å²) in [5.41, 5.74) is 0.603. The van der Waals surface area contributed by atoms with Crippen LogP contribution in [0.2, 0.25) is 0 Å². The Morgan fingerprint density at radius 1 is 1.33 bits per heavy atom. The molecule has 6 nitrogen and oxygen atoms in total. The van der Waals surface area contributed by atoms with Gasteiger partial charge in [-0.3, -0.25) is 0 Å². The molecule has 1 aromatic carbocycles. The van der Waals surface area contributed by atoms with Gasteiger partial charge in [-0.25, -0.2) is 9.59 Å². The molecule has 1 heterocycles. The summed E-state index contributed by atoms with van der Waals surface area (Å²) in [7, 11) is 0. The standard InChI is InChI=1S/C15H20N2O4/c18-9-7-13-6-1-2-8-17(13)15(21)16-12-5-3-4-11(10-12)14(19)20/h3-5,10,13,18H,1-2,6-9H2,(H,16,21)(H,19,20). The Morgan fingerprint density at radius 2 is 2.14 bits per heavy atom. The highest BCUT2D eigenvalue weighted by atomic mass is 16.4. The van der Waals surface area contributed by atoms with Crippen molar-refractivity contribution in [2.45, 2.75) is 31.7 Å². The van der Waals surface area contributed by atoms with Crippen LogP contribution >= 0.6 is 0 Å². The number of urea groups is 1.